The number of carbonyl (C=O) groups excluding carboxylic acids is 1. The third-order valence-corrected chi connectivity index (χ3v) is 5.86. The van der Waals surface area contributed by atoms with Gasteiger partial charge in [-0.3, -0.25) is 9.69 Å². The average Bonchev–Trinajstić information content (AvgIpc) is 3.37. The summed E-state index contributed by atoms with van der Waals surface area (Å²) in [6.45, 7) is 1.91. The zero-order chi connectivity index (χ0) is 21.1. The van der Waals surface area contributed by atoms with Gasteiger partial charge >= 0.3 is 0 Å². The lowest BCUT2D eigenvalue weighted by molar-refractivity contribution is -0.117. The highest BCUT2D eigenvalue weighted by Crippen LogP contribution is 2.32. The van der Waals surface area contributed by atoms with Crippen LogP contribution < -0.4 is 4.90 Å². The number of oxazole rings is 1. The smallest absolute Gasteiger partial charge is 0.233 e. The van der Waals surface area contributed by atoms with E-state index in [-0.39, 0.29) is 12.3 Å². The minimum atomic E-state index is -0.0835. The van der Waals surface area contributed by atoms with E-state index in [0.717, 1.165) is 11.4 Å². The van der Waals surface area contributed by atoms with E-state index >= 15 is 0 Å². The minimum Gasteiger partial charge on any atom is -0.441 e. The van der Waals surface area contributed by atoms with Gasteiger partial charge in [0, 0.05) is 28.8 Å². The van der Waals surface area contributed by atoms with Gasteiger partial charge in [-0.1, -0.05) is 41.4 Å². The number of amides is 1. The molecule has 2 aromatic heterocycles. The van der Waals surface area contributed by atoms with Gasteiger partial charge in [-0.05, 0) is 37.3 Å². The Balaban J connectivity index is 1.51. The fourth-order valence-corrected chi connectivity index (χ4v) is 4.29. The van der Waals surface area contributed by atoms with Crippen LogP contribution in [0.5, 0.6) is 0 Å². The Bertz CT molecular complexity index is 1170. The van der Waals surface area contributed by atoms with E-state index in [1.807, 2.05) is 42.6 Å². The lowest BCUT2D eigenvalue weighted by Gasteiger charge is -2.19. The molecule has 2 heterocycles. The molecule has 0 N–H and O–H groups in total. The molecule has 0 saturated heterocycles. The van der Waals surface area contributed by atoms with Crippen molar-refractivity contribution in [3.8, 4) is 11.3 Å². The van der Waals surface area contributed by atoms with Gasteiger partial charge < -0.3 is 4.42 Å². The van der Waals surface area contributed by atoms with Crippen molar-refractivity contribution in [3.05, 3.63) is 81.7 Å². The molecule has 1 amide bonds. The SMILES string of the molecule is Cc1csc(N(C(=O)CCc2ncc(-c3ccc(Cl)cc3Cl)o2)c2ccccc2)n1. The fourth-order valence-electron chi connectivity index (χ4n) is 2.95. The van der Waals surface area contributed by atoms with Gasteiger partial charge in [-0.25, -0.2) is 9.97 Å². The lowest BCUT2D eigenvalue weighted by atomic mass is 10.2. The maximum atomic E-state index is 13.1. The molecule has 0 saturated carbocycles. The topological polar surface area (TPSA) is 59.2 Å². The van der Waals surface area contributed by atoms with Crippen LogP contribution in [-0.2, 0) is 11.2 Å². The summed E-state index contributed by atoms with van der Waals surface area (Å²) < 4.78 is 5.81. The van der Waals surface area contributed by atoms with Crippen LogP contribution in [0, 0.1) is 6.92 Å². The molecule has 152 valence electrons. The van der Waals surface area contributed by atoms with Crippen LogP contribution in [0.3, 0.4) is 0 Å². The number of halogens is 2. The summed E-state index contributed by atoms with van der Waals surface area (Å²) >= 11 is 13.6. The number of rotatable bonds is 6. The van der Waals surface area contributed by atoms with Crippen molar-refractivity contribution in [3.63, 3.8) is 0 Å². The molecule has 0 fully saturated rings. The van der Waals surface area contributed by atoms with E-state index in [9.17, 15) is 4.79 Å². The first-order valence-corrected chi connectivity index (χ1v) is 10.8. The third kappa shape index (κ3) is 4.56. The number of benzene rings is 2. The van der Waals surface area contributed by atoms with Gasteiger partial charge in [-0.2, -0.15) is 0 Å². The Morgan fingerprint density at radius 3 is 2.67 bits per heavy atom. The molecule has 8 heteroatoms. The van der Waals surface area contributed by atoms with Crippen molar-refractivity contribution in [2.24, 2.45) is 0 Å². The van der Waals surface area contributed by atoms with E-state index < -0.39 is 0 Å². The number of hydrogen-bond donors (Lipinski definition) is 0. The highest BCUT2D eigenvalue weighted by Gasteiger charge is 2.21. The van der Waals surface area contributed by atoms with E-state index in [0.29, 0.717) is 38.8 Å². The van der Waals surface area contributed by atoms with Crippen molar-refractivity contribution in [1.82, 2.24) is 9.97 Å². The standard InChI is InChI=1S/C22H17Cl2N3O2S/c1-14-13-30-22(26-14)27(16-5-3-2-4-6-16)21(28)10-9-20-25-12-19(29-20)17-8-7-15(23)11-18(17)24/h2-8,11-13H,9-10H2,1H3. The fraction of sp³-hybridized carbons (Fsp3) is 0.136. The molecule has 0 spiro atoms. The van der Waals surface area contributed by atoms with Gasteiger partial charge in [0.15, 0.2) is 16.8 Å². The number of nitrogens with zero attached hydrogens (tertiary/aromatic N) is 3. The third-order valence-electron chi connectivity index (χ3n) is 4.36. The molecule has 30 heavy (non-hydrogen) atoms. The van der Waals surface area contributed by atoms with Gasteiger partial charge in [-0.15, -0.1) is 11.3 Å². The van der Waals surface area contributed by atoms with Crippen LogP contribution >= 0.6 is 34.5 Å². The summed E-state index contributed by atoms with van der Waals surface area (Å²) in [5.74, 6) is 0.919. The van der Waals surface area contributed by atoms with Crippen molar-refractivity contribution < 1.29 is 9.21 Å². The molecule has 2 aromatic carbocycles. The highest BCUT2D eigenvalue weighted by molar-refractivity contribution is 7.14. The van der Waals surface area contributed by atoms with Crippen LogP contribution in [0.15, 0.2) is 64.5 Å². The Labute approximate surface area is 187 Å². The van der Waals surface area contributed by atoms with Crippen molar-refractivity contribution in [2.45, 2.75) is 19.8 Å². The quantitative estimate of drug-likeness (QED) is 0.322. The van der Waals surface area contributed by atoms with Crippen LogP contribution in [0.2, 0.25) is 10.0 Å². The van der Waals surface area contributed by atoms with Crippen LogP contribution in [0.4, 0.5) is 10.8 Å². The van der Waals surface area contributed by atoms with E-state index in [1.165, 1.54) is 11.3 Å². The number of aryl methyl sites for hydroxylation is 2. The molecule has 4 rings (SSSR count). The Morgan fingerprint density at radius 1 is 1.17 bits per heavy atom. The van der Waals surface area contributed by atoms with Crippen molar-refractivity contribution in [1.29, 1.82) is 0 Å². The molecule has 0 aliphatic carbocycles. The summed E-state index contributed by atoms with van der Waals surface area (Å²) in [5, 5.41) is 3.60. The summed E-state index contributed by atoms with van der Waals surface area (Å²) in [7, 11) is 0. The average molecular weight is 458 g/mol. The normalized spacial score (nSPS) is 10.9. The van der Waals surface area contributed by atoms with E-state index in [2.05, 4.69) is 9.97 Å². The van der Waals surface area contributed by atoms with E-state index in [1.54, 1.807) is 29.3 Å². The zero-order valence-electron chi connectivity index (χ0n) is 16.0. The molecule has 0 atom stereocenters. The predicted octanol–water partition coefficient (Wildman–Crippen LogP) is 6.71. The summed E-state index contributed by atoms with van der Waals surface area (Å²) in [6, 6.07) is 14.6. The second-order valence-corrected chi connectivity index (χ2v) is 8.26. The molecule has 0 unspecified atom stereocenters. The second-order valence-electron chi connectivity index (χ2n) is 6.58. The number of aromatic nitrogens is 2. The Kier molecular flexibility index (Phi) is 6.18. The molecule has 0 bridgehead atoms. The van der Waals surface area contributed by atoms with Gasteiger partial charge in [0.25, 0.3) is 0 Å². The number of thiazole rings is 1. The summed E-state index contributed by atoms with van der Waals surface area (Å²) in [4.78, 5) is 23.5. The Hall–Kier alpha value is -2.67. The summed E-state index contributed by atoms with van der Waals surface area (Å²) in [6.07, 6.45) is 2.19. The van der Waals surface area contributed by atoms with E-state index in [4.69, 9.17) is 27.6 Å². The number of carbonyl (C=O) groups is 1. The molecular weight excluding hydrogens is 441 g/mol. The number of para-hydroxylation sites is 1. The lowest BCUT2D eigenvalue weighted by Crippen LogP contribution is -2.26. The summed E-state index contributed by atoms with van der Waals surface area (Å²) in [5.41, 5.74) is 2.36. The molecule has 4 aromatic rings. The zero-order valence-corrected chi connectivity index (χ0v) is 18.3. The van der Waals surface area contributed by atoms with Gasteiger partial charge in [0.1, 0.15) is 0 Å². The highest BCUT2D eigenvalue weighted by atomic mass is 35.5. The number of anilines is 2. The maximum absolute atomic E-state index is 13.1. The largest absolute Gasteiger partial charge is 0.441 e. The molecule has 0 radical (unpaired) electrons. The molecule has 0 aliphatic rings. The second kappa shape index (κ2) is 9.00. The molecule has 5 nitrogen and oxygen atoms in total. The Morgan fingerprint density at radius 2 is 1.97 bits per heavy atom. The first-order chi connectivity index (χ1) is 14.5. The van der Waals surface area contributed by atoms with Crippen molar-refractivity contribution in [2.75, 3.05) is 4.90 Å². The monoisotopic (exact) mass is 457 g/mol. The molecular formula is C22H17Cl2N3O2S. The van der Waals surface area contributed by atoms with Crippen LogP contribution in [0.25, 0.3) is 11.3 Å². The first kappa shape index (κ1) is 20.6. The predicted molar refractivity (Wildman–Crippen MR) is 121 cm³/mol. The minimum absolute atomic E-state index is 0.0835. The van der Waals surface area contributed by atoms with Crippen LogP contribution in [-0.4, -0.2) is 15.9 Å². The van der Waals surface area contributed by atoms with Crippen LogP contribution in [0.1, 0.15) is 18.0 Å². The van der Waals surface area contributed by atoms with Gasteiger partial charge in [0.2, 0.25) is 5.91 Å². The van der Waals surface area contributed by atoms with Gasteiger partial charge in [0.05, 0.1) is 22.6 Å². The molecule has 0 aliphatic heterocycles. The first-order valence-electron chi connectivity index (χ1n) is 9.21. The number of hydrogen-bond acceptors (Lipinski definition) is 5. The van der Waals surface area contributed by atoms with Crippen molar-refractivity contribution >= 4 is 51.3 Å². The maximum Gasteiger partial charge on any atom is 0.233 e.